The molecule has 108 valence electrons. The lowest BCUT2D eigenvalue weighted by Crippen LogP contribution is -1.96. The van der Waals surface area contributed by atoms with Crippen molar-refractivity contribution in [3.05, 3.63) is 64.2 Å². The van der Waals surface area contributed by atoms with E-state index in [1.807, 2.05) is 42.5 Å². The maximum atomic E-state index is 8.71. The second-order valence-corrected chi connectivity index (χ2v) is 4.96. The van der Waals surface area contributed by atoms with E-state index in [-0.39, 0.29) is 6.61 Å². The van der Waals surface area contributed by atoms with Crippen LogP contribution >= 0.6 is 11.6 Å². The van der Waals surface area contributed by atoms with Gasteiger partial charge < -0.3 is 9.84 Å². The third-order valence-electron chi connectivity index (χ3n) is 3.04. The van der Waals surface area contributed by atoms with E-state index in [1.165, 1.54) is 0 Å². The summed E-state index contributed by atoms with van der Waals surface area (Å²) in [5.74, 6) is 6.33. The predicted octanol–water partition coefficient (Wildman–Crippen LogP) is 3.83. The van der Waals surface area contributed by atoms with Crippen molar-refractivity contribution >= 4 is 11.6 Å². The van der Waals surface area contributed by atoms with Gasteiger partial charge in [0.25, 0.3) is 0 Å². The topological polar surface area (TPSA) is 29.5 Å². The third kappa shape index (κ3) is 4.53. The number of halogens is 1. The van der Waals surface area contributed by atoms with E-state index in [0.29, 0.717) is 6.61 Å². The Labute approximate surface area is 130 Å². The lowest BCUT2D eigenvalue weighted by molar-refractivity contribution is 0.306. The Balaban J connectivity index is 2.06. The molecule has 0 aliphatic heterocycles. The number of aliphatic hydroxyl groups is 1. The molecule has 0 aliphatic rings. The highest BCUT2D eigenvalue weighted by molar-refractivity contribution is 6.31. The quantitative estimate of drug-likeness (QED) is 0.870. The fourth-order valence-corrected chi connectivity index (χ4v) is 2.21. The van der Waals surface area contributed by atoms with Gasteiger partial charge in [0.15, 0.2) is 0 Å². The van der Waals surface area contributed by atoms with Gasteiger partial charge in [-0.1, -0.05) is 42.5 Å². The molecule has 1 N–H and O–H groups in total. The zero-order valence-corrected chi connectivity index (χ0v) is 12.7. The molecule has 0 heterocycles. The van der Waals surface area contributed by atoms with Crippen LogP contribution in [-0.2, 0) is 13.0 Å². The number of hydrogen-bond donors (Lipinski definition) is 1. The minimum absolute atomic E-state index is 0.134. The van der Waals surface area contributed by atoms with Crippen molar-refractivity contribution in [3.8, 4) is 17.6 Å². The van der Waals surface area contributed by atoms with E-state index in [2.05, 4.69) is 18.8 Å². The van der Waals surface area contributed by atoms with Gasteiger partial charge in [-0.05, 0) is 47.9 Å². The second-order valence-electron chi connectivity index (χ2n) is 4.56. The van der Waals surface area contributed by atoms with Gasteiger partial charge in [0.1, 0.15) is 19.0 Å². The monoisotopic (exact) mass is 300 g/mol. The van der Waals surface area contributed by atoms with Crippen molar-refractivity contribution in [2.24, 2.45) is 0 Å². The SMILES string of the molecule is CCc1cc(OCc2cccc(C#CCO)c2)ccc1Cl. The molecule has 0 bridgehead atoms. The largest absolute Gasteiger partial charge is 0.489 e. The average molecular weight is 301 g/mol. The van der Waals surface area contributed by atoms with Crippen LogP contribution in [0.1, 0.15) is 23.6 Å². The summed E-state index contributed by atoms with van der Waals surface area (Å²) in [6.45, 7) is 2.40. The molecule has 0 atom stereocenters. The van der Waals surface area contributed by atoms with Crippen molar-refractivity contribution in [3.63, 3.8) is 0 Å². The van der Waals surface area contributed by atoms with Crippen LogP contribution in [0.4, 0.5) is 0 Å². The number of ether oxygens (including phenoxy) is 1. The van der Waals surface area contributed by atoms with Crippen LogP contribution in [0.5, 0.6) is 5.75 Å². The van der Waals surface area contributed by atoms with Gasteiger partial charge in [-0.2, -0.15) is 0 Å². The fourth-order valence-electron chi connectivity index (χ4n) is 1.96. The Bertz CT molecular complexity index is 668. The number of aryl methyl sites for hydroxylation is 1. The first-order chi connectivity index (χ1) is 10.2. The minimum Gasteiger partial charge on any atom is -0.489 e. The Hall–Kier alpha value is -1.95. The summed E-state index contributed by atoms with van der Waals surface area (Å²) < 4.78 is 5.79. The number of rotatable bonds is 4. The van der Waals surface area contributed by atoms with Crippen LogP contribution in [0.2, 0.25) is 5.02 Å². The van der Waals surface area contributed by atoms with Crippen LogP contribution in [0.15, 0.2) is 42.5 Å². The molecule has 0 aromatic heterocycles. The Morgan fingerprint density at radius 3 is 2.81 bits per heavy atom. The van der Waals surface area contributed by atoms with E-state index >= 15 is 0 Å². The number of hydrogen-bond acceptors (Lipinski definition) is 2. The molecule has 0 radical (unpaired) electrons. The standard InChI is InChI=1S/C18H17ClO2/c1-2-16-12-17(8-9-18(16)19)21-13-15-6-3-5-14(11-15)7-4-10-20/h3,5-6,8-9,11-12,20H,2,10,13H2,1H3. The molecular weight excluding hydrogens is 284 g/mol. The van der Waals surface area contributed by atoms with Gasteiger partial charge >= 0.3 is 0 Å². The van der Waals surface area contributed by atoms with Crippen LogP contribution in [0, 0.1) is 11.8 Å². The molecule has 3 heteroatoms. The summed E-state index contributed by atoms with van der Waals surface area (Å²) in [6.07, 6.45) is 0.877. The first-order valence-corrected chi connectivity index (χ1v) is 7.20. The van der Waals surface area contributed by atoms with Gasteiger partial charge in [-0.25, -0.2) is 0 Å². The summed E-state index contributed by atoms with van der Waals surface area (Å²) >= 11 is 6.09. The average Bonchev–Trinajstić information content (AvgIpc) is 2.52. The normalized spacial score (nSPS) is 9.86. The molecule has 2 aromatic rings. The first-order valence-electron chi connectivity index (χ1n) is 6.83. The van der Waals surface area contributed by atoms with Crippen LogP contribution in [-0.4, -0.2) is 11.7 Å². The van der Waals surface area contributed by atoms with E-state index in [9.17, 15) is 0 Å². The first kappa shape index (κ1) is 15.4. The van der Waals surface area contributed by atoms with Gasteiger partial charge in [-0.3, -0.25) is 0 Å². The summed E-state index contributed by atoms with van der Waals surface area (Å²) in [5.41, 5.74) is 2.99. The molecule has 2 aromatic carbocycles. The van der Waals surface area contributed by atoms with Crippen LogP contribution in [0.3, 0.4) is 0 Å². The van der Waals surface area contributed by atoms with E-state index in [1.54, 1.807) is 0 Å². The van der Waals surface area contributed by atoms with Crippen molar-refractivity contribution in [1.82, 2.24) is 0 Å². The molecule has 0 unspecified atom stereocenters. The van der Waals surface area contributed by atoms with Crippen molar-refractivity contribution in [2.45, 2.75) is 20.0 Å². The van der Waals surface area contributed by atoms with Gasteiger partial charge in [0.2, 0.25) is 0 Å². The van der Waals surface area contributed by atoms with E-state index in [4.69, 9.17) is 21.4 Å². The molecule has 0 aliphatic carbocycles. The highest BCUT2D eigenvalue weighted by Crippen LogP contribution is 2.23. The molecule has 2 rings (SSSR count). The van der Waals surface area contributed by atoms with Gasteiger partial charge in [-0.15, -0.1) is 0 Å². The van der Waals surface area contributed by atoms with E-state index < -0.39 is 0 Å². The molecule has 0 fully saturated rings. The molecule has 0 amide bonds. The van der Waals surface area contributed by atoms with Crippen molar-refractivity contribution in [1.29, 1.82) is 0 Å². The summed E-state index contributed by atoms with van der Waals surface area (Å²) in [6, 6.07) is 13.5. The lowest BCUT2D eigenvalue weighted by atomic mass is 10.1. The highest BCUT2D eigenvalue weighted by Gasteiger charge is 2.02. The Kier molecular flexibility index (Phi) is 5.68. The third-order valence-corrected chi connectivity index (χ3v) is 3.41. The number of benzene rings is 2. The van der Waals surface area contributed by atoms with Crippen LogP contribution < -0.4 is 4.74 Å². The predicted molar refractivity (Wildman–Crippen MR) is 85.6 cm³/mol. The summed E-state index contributed by atoms with van der Waals surface area (Å²) in [4.78, 5) is 0. The highest BCUT2D eigenvalue weighted by atomic mass is 35.5. The zero-order chi connectivity index (χ0) is 15.1. The maximum absolute atomic E-state index is 8.71. The van der Waals surface area contributed by atoms with Crippen molar-refractivity contribution in [2.75, 3.05) is 6.61 Å². The summed E-state index contributed by atoms with van der Waals surface area (Å²) in [5, 5.41) is 9.48. The fraction of sp³-hybridized carbons (Fsp3) is 0.222. The van der Waals surface area contributed by atoms with E-state index in [0.717, 1.165) is 33.9 Å². The van der Waals surface area contributed by atoms with Crippen molar-refractivity contribution < 1.29 is 9.84 Å². The molecule has 0 saturated heterocycles. The van der Waals surface area contributed by atoms with Gasteiger partial charge in [0, 0.05) is 10.6 Å². The maximum Gasteiger partial charge on any atom is 0.120 e. The number of aliphatic hydroxyl groups excluding tert-OH is 1. The molecular formula is C18H17ClO2. The minimum atomic E-state index is -0.134. The zero-order valence-electron chi connectivity index (χ0n) is 11.9. The Morgan fingerprint density at radius 1 is 1.19 bits per heavy atom. The molecule has 21 heavy (non-hydrogen) atoms. The van der Waals surface area contributed by atoms with Gasteiger partial charge in [0.05, 0.1) is 0 Å². The molecule has 0 saturated carbocycles. The smallest absolute Gasteiger partial charge is 0.120 e. The Morgan fingerprint density at radius 2 is 2.05 bits per heavy atom. The molecule has 2 nitrogen and oxygen atoms in total. The summed E-state index contributed by atoms with van der Waals surface area (Å²) in [7, 11) is 0. The molecule has 0 spiro atoms. The lowest BCUT2D eigenvalue weighted by Gasteiger charge is -2.09. The second kappa shape index (κ2) is 7.73. The van der Waals surface area contributed by atoms with Crippen LogP contribution in [0.25, 0.3) is 0 Å².